The number of carbonyl (C=O) groups excluding carboxylic acids is 1. The van der Waals surface area contributed by atoms with E-state index in [2.05, 4.69) is 27.7 Å². The van der Waals surface area contributed by atoms with Crippen molar-refractivity contribution in [1.29, 1.82) is 10.5 Å². The number of carboxylic acids is 1. The second kappa shape index (κ2) is 18.2. The number of anilines is 1. The van der Waals surface area contributed by atoms with E-state index in [0.717, 1.165) is 48.6 Å². The second-order valence-electron chi connectivity index (χ2n) is 12.5. The third kappa shape index (κ3) is 9.41. The van der Waals surface area contributed by atoms with Crippen molar-refractivity contribution < 1.29 is 19.4 Å². The van der Waals surface area contributed by atoms with Crippen LogP contribution in [0.4, 0.5) is 5.82 Å². The Balaban J connectivity index is 1.33. The summed E-state index contributed by atoms with van der Waals surface area (Å²) in [4.78, 5) is 35.8. The molecule has 0 unspecified atom stereocenters. The first-order valence-electron chi connectivity index (χ1n) is 17.1. The molecule has 3 atom stereocenters. The van der Waals surface area contributed by atoms with E-state index >= 15 is 0 Å². The molecule has 2 aromatic heterocycles. The molecule has 14 heteroatoms. The predicted molar refractivity (Wildman–Crippen MR) is 205 cm³/mol. The van der Waals surface area contributed by atoms with Gasteiger partial charge < -0.3 is 25.4 Å². The average molecular weight is 758 g/mol. The summed E-state index contributed by atoms with van der Waals surface area (Å²) in [5.74, 6) is 0.172. The van der Waals surface area contributed by atoms with Crippen LogP contribution in [0.25, 0.3) is 21.7 Å². The third-order valence-electron chi connectivity index (χ3n) is 8.88. The number of nitrogens with zero attached hydrogens (tertiary/aromatic N) is 5. The molecule has 2 aromatic carbocycles. The van der Waals surface area contributed by atoms with E-state index in [4.69, 9.17) is 26.3 Å². The van der Waals surface area contributed by atoms with Gasteiger partial charge in [-0.25, -0.2) is 9.97 Å². The normalized spacial score (nSPS) is 14.2. The van der Waals surface area contributed by atoms with Crippen molar-refractivity contribution in [1.82, 2.24) is 20.6 Å². The number of ether oxygens (including phenoxy) is 1. The van der Waals surface area contributed by atoms with Crippen LogP contribution >= 0.6 is 34.7 Å². The SMILES string of the molecule is CC[C@H](C)[C@H](NCCOc1ccc(-c2c(C#N)c(SCc3csc(-c4ccc(Cl)cc4)n3)nc(N3CCCC3)c2C#N)cc1)C(=O)N[C@@H](C)C(=O)O. The van der Waals surface area contributed by atoms with Gasteiger partial charge in [0.1, 0.15) is 52.0 Å². The molecule has 270 valence electrons. The molecule has 1 aliphatic rings. The summed E-state index contributed by atoms with van der Waals surface area (Å²) in [6, 6.07) is 17.9. The minimum atomic E-state index is -1.10. The van der Waals surface area contributed by atoms with Gasteiger partial charge in [-0.15, -0.1) is 11.3 Å². The lowest BCUT2D eigenvalue weighted by atomic mass is 9.96. The molecule has 52 heavy (non-hydrogen) atoms. The molecule has 0 spiro atoms. The molecule has 5 rings (SSSR count). The van der Waals surface area contributed by atoms with Crippen molar-refractivity contribution in [2.75, 3.05) is 31.1 Å². The smallest absolute Gasteiger partial charge is 0.325 e. The van der Waals surface area contributed by atoms with Crippen molar-refractivity contribution in [3.63, 3.8) is 0 Å². The number of nitriles is 2. The maximum absolute atomic E-state index is 12.8. The number of carbonyl (C=O) groups is 2. The highest BCUT2D eigenvalue weighted by Crippen LogP contribution is 2.40. The lowest BCUT2D eigenvalue weighted by Crippen LogP contribution is -2.52. The standard InChI is InChI=1S/C38H40ClN7O4S2/c1-4-23(2)33(35(47)43-24(3)38(48)49)42-15-18-50-29-13-9-25(10-14-29)32-30(19-40)34(46-16-5-6-17-46)45-37(31(32)20-41)52-22-28-21-51-36(44-28)26-7-11-27(39)12-8-26/h7-14,21,23-24,33,42H,4-6,15-18,22H2,1-3H3,(H,43,47)(H,48,49)/t23-,24-,33-/m0/s1. The van der Waals surface area contributed by atoms with Gasteiger partial charge in [-0.1, -0.05) is 67.9 Å². The fourth-order valence-electron chi connectivity index (χ4n) is 5.81. The molecule has 1 aliphatic heterocycles. The van der Waals surface area contributed by atoms with Gasteiger partial charge in [0.05, 0.1) is 17.3 Å². The first-order valence-corrected chi connectivity index (χ1v) is 19.3. The summed E-state index contributed by atoms with van der Waals surface area (Å²) < 4.78 is 5.97. The highest BCUT2D eigenvalue weighted by molar-refractivity contribution is 7.98. The Kier molecular flexibility index (Phi) is 13.5. The zero-order valence-electron chi connectivity index (χ0n) is 29.2. The van der Waals surface area contributed by atoms with Gasteiger partial charge in [-0.05, 0) is 55.5 Å². The number of aromatic nitrogens is 2. The minimum Gasteiger partial charge on any atom is -0.492 e. The summed E-state index contributed by atoms with van der Waals surface area (Å²) in [5, 5.41) is 39.9. The average Bonchev–Trinajstić information content (AvgIpc) is 3.87. The highest BCUT2D eigenvalue weighted by Gasteiger charge is 2.28. The van der Waals surface area contributed by atoms with Crippen molar-refractivity contribution >= 4 is 52.4 Å². The van der Waals surface area contributed by atoms with Crippen molar-refractivity contribution in [3.8, 4) is 39.6 Å². The van der Waals surface area contributed by atoms with Crippen molar-refractivity contribution in [2.45, 2.75) is 62.9 Å². The minimum absolute atomic E-state index is 0.0221. The largest absolute Gasteiger partial charge is 0.492 e. The fourth-order valence-corrected chi connectivity index (χ4v) is 7.74. The Bertz CT molecular complexity index is 1950. The number of halogens is 1. The van der Waals surface area contributed by atoms with Crippen LogP contribution in [0.3, 0.4) is 0 Å². The Hall–Kier alpha value is -4.66. The number of aliphatic carboxylic acids is 1. The molecule has 0 bridgehead atoms. The number of hydrogen-bond acceptors (Lipinski definition) is 11. The topological polar surface area (TPSA) is 164 Å². The van der Waals surface area contributed by atoms with Crippen molar-refractivity contribution in [3.05, 3.63) is 75.8 Å². The van der Waals surface area contributed by atoms with Gasteiger partial charge in [0, 0.05) is 46.9 Å². The quantitative estimate of drug-likeness (QED) is 0.0787. The van der Waals surface area contributed by atoms with Crippen LogP contribution in [-0.2, 0) is 15.3 Å². The van der Waals surface area contributed by atoms with Crippen LogP contribution in [0.1, 0.15) is 56.9 Å². The Labute approximate surface area is 317 Å². The van der Waals surface area contributed by atoms with Crippen LogP contribution in [0, 0.1) is 28.6 Å². The van der Waals surface area contributed by atoms with Crippen LogP contribution in [0.5, 0.6) is 5.75 Å². The molecule has 11 nitrogen and oxygen atoms in total. The summed E-state index contributed by atoms with van der Waals surface area (Å²) in [6.07, 6.45) is 2.73. The van der Waals surface area contributed by atoms with Gasteiger partial charge >= 0.3 is 5.97 Å². The summed E-state index contributed by atoms with van der Waals surface area (Å²) in [7, 11) is 0. The molecule has 0 saturated carbocycles. The molecule has 0 aliphatic carbocycles. The van der Waals surface area contributed by atoms with E-state index < -0.39 is 18.1 Å². The van der Waals surface area contributed by atoms with E-state index in [-0.39, 0.29) is 18.4 Å². The summed E-state index contributed by atoms with van der Waals surface area (Å²) in [5.41, 5.74) is 3.78. The molecule has 1 fully saturated rings. The van der Waals surface area contributed by atoms with Gasteiger partial charge in [0.2, 0.25) is 5.91 Å². The van der Waals surface area contributed by atoms with E-state index in [9.17, 15) is 25.2 Å². The number of amides is 1. The Morgan fingerprint density at radius 1 is 1.04 bits per heavy atom. The molecular formula is C38H40ClN7O4S2. The maximum Gasteiger partial charge on any atom is 0.325 e. The number of benzene rings is 2. The fraction of sp³-hybridized carbons (Fsp3) is 0.368. The molecule has 1 saturated heterocycles. The maximum atomic E-state index is 12.8. The number of rotatable bonds is 16. The van der Waals surface area contributed by atoms with Gasteiger partial charge in [0.15, 0.2) is 0 Å². The van der Waals surface area contributed by atoms with E-state index in [1.54, 1.807) is 23.5 Å². The van der Waals surface area contributed by atoms with Gasteiger partial charge in [-0.3, -0.25) is 9.59 Å². The number of hydrogen-bond donors (Lipinski definition) is 3. The van der Waals surface area contributed by atoms with Gasteiger partial charge in [0.25, 0.3) is 0 Å². The number of nitrogens with one attached hydrogen (secondary N) is 2. The Morgan fingerprint density at radius 2 is 1.71 bits per heavy atom. The van der Waals surface area contributed by atoms with Crippen LogP contribution in [0.15, 0.2) is 58.9 Å². The third-order valence-corrected chi connectivity index (χ3v) is 11.1. The molecule has 4 aromatic rings. The Morgan fingerprint density at radius 3 is 2.35 bits per heavy atom. The predicted octanol–water partition coefficient (Wildman–Crippen LogP) is 7.13. The molecular weight excluding hydrogens is 718 g/mol. The second-order valence-corrected chi connectivity index (χ2v) is 14.7. The number of thiazole rings is 1. The molecule has 3 heterocycles. The molecule has 1 amide bonds. The number of pyridine rings is 1. The highest BCUT2D eigenvalue weighted by atomic mass is 35.5. The lowest BCUT2D eigenvalue weighted by molar-refractivity contribution is -0.141. The van der Waals surface area contributed by atoms with E-state index in [1.807, 2.05) is 55.6 Å². The van der Waals surface area contributed by atoms with Gasteiger partial charge in [-0.2, -0.15) is 10.5 Å². The van der Waals surface area contributed by atoms with Crippen LogP contribution in [-0.4, -0.2) is 65.3 Å². The monoisotopic (exact) mass is 757 g/mol. The summed E-state index contributed by atoms with van der Waals surface area (Å²) >= 11 is 9.03. The zero-order chi connectivity index (χ0) is 37.2. The van der Waals surface area contributed by atoms with E-state index in [0.29, 0.717) is 56.2 Å². The molecule has 0 radical (unpaired) electrons. The van der Waals surface area contributed by atoms with Crippen LogP contribution in [0.2, 0.25) is 5.02 Å². The van der Waals surface area contributed by atoms with E-state index in [1.165, 1.54) is 18.7 Å². The van der Waals surface area contributed by atoms with Crippen molar-refractivity contribution in [2.24, 2.45) is 5.92 Å². The number of thioether (sulfide) groups is 1. The first kappa shape index (κ1) is 38.6. The lowest BCUT2D eigenvalue weighted by Gasteiger charge is -2.24. The summed E-state index contributed by atoms with van der Waals surface area (Å²) in [6.45, 7) is 7.51. The van der Waals surface area contributed by atoms with Crippen LogP contribution < -0.4 is 20.3 Å². The molecule has 3 N–H and O–H groups in total. The zero-order valence-corrected chi connectivity index (χ0v) is 31.6. The first-order chi connectivity index (χ1) is 25.1. The number of carboxylic acid groups (broad SMARTS) is 1.